The highest BCUT2D eigenvalue weighted by atomic mass is 35.5. The van der Waals surface area contributed by atoms with Crippen LogP contribution in [0, 0.1) is 11.7 Å². The Bertz CT molecular complexity index is 1100. The number of esters is 1. The van der Waals surface area contributed by atoms with E-state index >= 15 is 0 Å². The first kappa shape index (κ1) is 24.8. The minimum Gasteiger partial charge on any atom is -0.482 e. The Hall–Kier alpha value is -2.85. The number of amides is 1. The molecule has 2 aromatic carbocycles. The van der Waals surface area contributed by atoms with Crippen LogP contribution < -0.4 is 9.46 Å². The number of halogens is 2. The fraction of sp³-hybridized carbons (Fsp3) is 0.364. The lowest BCUT2D eigenvalue weighted by Crippen LogP contribution is -2.42. The van der Waals surface area contributed by atoms with Gasteiger partial charge in [-0.1, -0.05) is 11.6 Å². The smallest absolute Gasteiger partial charge is 0.309 e. The van der Waals surface area contributed by atoms with Crippen molar-refractivity contribution in [2.24, 2.45) is 5.92 Å². The van der Waals surface area contributed by atoms with Crippen LogP contribution in [0.3, 0.4) is 0 Å². The van der Waals surface area contributed by atoms with E-state index in [1.165, 1.54) is 30.3 Å². The third-order valence-electron chi connectivity index (χ3n) is 5.13. The Morgan fingerprint density at radius 1 is 1.15 bits per heavy atom. The van der Waals surface area contributed by atoms with Gasteiger partial charge in [0, 0.05) is 18.8 Å². The van der Waals surface area contributed by atoms with Gasteiger partial charge in [-0.2, -0.15) is 0 Å². The summed E-state index contributed by atoms with van der Waals surface area (Å²) in [6, 6.07) is 8.73. The molecule has 33 heavy (non-hydrogen) atoms. The first-order valence-electron chi connectivity index (χ1n) is 10.3. The molecule has 1 amide bonds. The zero-order valence-electron chi connectivity index (χ0n) is 17.9. The molecule has 0 unspecified atom stereocenters. The van der Waals surface area contributed by atoms with E-state index in [1.54, 1.807) is 11.8 Å². The summed E-state index contributed by atoms with van der Waals surface area (Å²) in [7, 11) is -3.96. The number of carbonyl (C=O) groups excluding carboxylic acids is 2. The first-order chi connectivity index (χ1) is 15.7. The van der Waals surface area contributed by atoms with Crippen LogP contribution in [0.15, 0.2) is 47.4 Å². The van der Waals surface area contributed by atoms with E-state index in [9.17, 15) is 22.4 Å². The second kappa shape index (κ2) is 10.8. The molecule has 0 radical (unpaired) electrons. The number of nitrogens with one attached hydrogen (secondary N) is 1. The maximum absolute atomic E-state index is 13.0. The Kier molecular flexibility index (Phi) is 8.15. The molecule has 11 heteroatoms. The molecule has 1 aliphatic heterocycles. The topological polar surface area (TPSA) is 102 Å². The standard InChI is InChI=1S/C22H24ClFN2O6S/c1-2-31-22(28)15-9-11-26(12-10-15)21(27)14-32-20-8-7-18(13-19(20)23)33(29,30)25-17-5-3-16(24)4-6-17/h3-8,13,15,25H,2,9-12,14H2,1H3. The van der Waals surface area contributed by atoms with Gasteiger partial charge in [0.1, 0.15) is 11.6 Å². The molecule has 178 valence electrons. The van der Waals surface area contributed by atoms with Gasteiger partial charge in [-0.15, -0.1) is 0 Å². The third-order valence-corrected chi connectivity index (χ3v) is 6.80. The van der Waals surface area contributed by atoms with Crippen LogP contribution in [0.1, 0.15) is 19.8 Å². The predicted octanol–water partition coefficient (Wildman–Crippen LogP) is 3.46. The number of benzene rings is 2. The van der Waals surface area contributed by atoms with Crippen LogP contribution in [-0.2, 0) is 24.3 Å². The number of sulfonamides is 1. The lowest BCUT2D eigenvalue weighted by atomic mass is 9.97. The van der Waals surface area contributed by atoms with Crippen LogP contribution in [0.2, 0.25) is 5.02 Å². The lowest BCUT2D eigenvalue weighted by Gasteiger charge is -2.30. The van der Waals surface area contributed by atoms with Crippen molar-refractivity contribution in [2.45, 2.75) is 24.7 Å². The van der Waals surface area contributed by atoms with Gasteiger partial charge >= 0.3 is 5.97 Å². The Labute approximate surface area is 196 Å². The quantitative estimate of drug-likeness (QED) is 0.559. The average Bonchev–Trinajstić information content (AvgIpc) is 2.79. The molecule has 1 N–H and O–H groups in total. The average molecular weight is 499 g/mol. The monoisotopic (exact) mass is 498 g/mol. The minimum atomic E-state index is -3.96. The van der Waals surface area contributed by atoms with E-state index in [0.29, 0.717) is 32.5 Å². The van der Waals surface area contributed by atoms with E-state index in [-0.39, 0.29) is 45.8 Å². The Balaban J connectivity index is 1.55. The highest BCUT2D eigenvalue weighted by molar-refractivity contribution is 7.92. The van der Waals surface area contributed by atoms with E-state index in [4.69, 9.17) is 21.1 Å². The van der Waals surface area contributed by atoms with Gasteiger partial charge in [0.2, 0.25) is 0 Å². The molecule has 1 aliphatic rings. The van der Waals surface area contributed by atoms with Gasteiger partial charge in [0.25, 0.3) is 15.9 Å². The van der Waals surface area contributed by atoms with Crippen molar-refractivity contribution in [1.82, 2.24) is 4.90 Å². The summed E-state index contributed by atoms with van der Waals surface area (Å²) in [6.07, 6.45) is 1.05. The number of ether oxygens (including phenoxy) is 2. The van der Waals surface area contributed by atoms with E-state index in [2.05, 4.69) is 4.72 Å². The summed E-state index contributed by atoms with van der Waals surface area (Å²) in [5.74, 6) is -1.03. The van der Waals surface area contributed by atoms with Crippen LogP contribution in [-0.4, -0.2) is 51.5 Å². The normalized spacial score (nSPS) is 14.6. The molecule has 0 spiro atoms. The van der Waals surface area contributed by atoms with Gasteiger partial charge in [-0.05, 0) is 62.2 Å². The summed E-state index contributed by atoms with van der Waals surface area (Å²) >= 11 is 6.17. The number of rotatable bonds is 8. The third kappa shape index (κ3) is 6.58. The number of hydrogen-bond donors (Lipinski definition) is 1. The van der Waals surface area contributed by atoms with E-state index < -0.39 is 15.8 Å². The number of hydrogen-bond acceptors (Lipinski definition) is 6. The highest BCUT2D eigenvalue weighted by Crippen LogP contribution is 2.28. The lowest BCUT2D eigenvalue weighted by molar-refractivity contribution is -0.151. The first-order valence-corrected chi connectivity index (χ1v) is 12.2. The summed E-state index contributed by atoms with van der Waals surface area (Å²) in [6.45, 7) is 2.65. The molecule has 2 aromatic rings. The molecule has 0 aliphatic carbocycles. The van der Waals surface area contributed by atoms with Crippen molar-refractivity contribution >= 4 is 39.2 Å². The molecule has 1 saturated heterocycles. The number of carbonyl (C=O) groups is 2. The van der Waals surface area contributed by atoms with Gasteiger partial charge in [-0.3, -0.25) is 14.3 Å². The second-order valence-corrected chi connectivity index (χ2v) is 9.49. The molecule has 0 bridgehead atoms. The van der Waals surface area contributed by atoms with Crippen molar-refractivity contribution in [2.75, 3.05) is 31.0 Å². The van der Waals surface area contributed by atoms with Crippen molar-refractivity contribution in [1.29, 1.82) is 0 Å². The van der Waals surface area contributed by atoms with Crippen molar-refractivity contribution in [3.8, 4) is 5.75 Å². The van der Waals surface area contributed by atoms with Gasteiger partial charge < -0.3 is 14.4 Å². The second-order valence-electron chi connectivity index (χ2n) is 7.40. The molecular weight excluding hydrogens is 475 g/mol. The molecule has 0 aromatic heterocycles. The van der Waals surface area contributed by atoms with Crippen molar-refractivity contribution in [3.63, 3.8) is 0 Å². The Morgan fingerprint density at radius 3 is 2.42 bits per heavy atom. The fourth-order valence-corrected chi connectivity index (χ4v) is 4.74. The molecule has 1 fully saturated rings. The largest absolute Gasteiger partial charge is 0.482 e. The maximum atomic E-state index is 13.0. The molecule has 8 nitrogen and oxygen atoms in total. The number of piperidine rings is 1. The molecule has 0 atom stereocenters. The summed E-state index contributed by atoms with van der Waals surface area (Å²) in [4.78, 5) is 25.7. The number of nitrogens with zero attached hydrogens (tertiary/aromatic N) is 1. The minimum absolute atomic E-state index is 0.0193. The summed E-state index contributed by atoms with van der Waals surface area (Å²) in [5, 5.41) is 0.0193. The molecule has 1 heterocycles. The van der Waals surface area contributed by atoms with Gasteiger partial charge in [-0.25, -0.2) is 12.8 Å². The van der Waals surface area contributed by atoms with E-state index in [1.807, 2.05) is 0 Å². The van der Waals surface area contributed by atoms with Crippen LogP contribution >= 0.6 is 11.6 Å². The van der Waals surface area contributed by atoms with E-state index in [0.717, 1.165) is 12.1 Å². The van der Waals surface area contributed by atoms with Crippen LogP contribution in [0.4, 0.5) is 10.1 Å². The van der Waals surface area contributed by atoms with Crippen LogP contribution in [0.25, 0.3) is 0 Å². The Morgan fingerprint density at radius 2 is 1.82 bits per heavy atom. The molecular formula is C22H24ClFN2O6S. The van der Waals surface area contributed by atoms with Crippen LogP contribution in [0.5, 0.6) is 5.75 Å². The molecule has 0 saturated carbocycles. The SMILES string of the molecule is CCOC(=O)C1CCN(C(=O)COc2ccc(S(=O)(=O)Nc3ccc(F)cc3)cc2Cl)CC1. The van der Waals surface area contributed by atoms with Crippen molar-refractivity contribution < 1.29 is 31.9 Å². The highest BCUT2D eigenvalue weighted by Gasteiger charge is 2.28. The summed E-state index contributed by atoms with van der Waals surface area (Å²) < 4.78 is 50.9. The fourth-order valence-electron chi connectivity index (χ4n) is 3.35. The molecule has 3 rings (SSSR count). The summed E-state index contributed by atoms with van der Waals surface area (Å²) in [5.41, 5.74) is 0.199. The zero-order valence-corrected chi connectivity index (χ0v) is 19.5. The maximum Gasteiger partial charge on any atom is 0.309 e. The number of anilines is 1. The number of likely N-dealkylation sites (tertiary alicyclic amines) is 1. The van der Waals surface area contributed by atoms with Crippen molar-refractivity contribution in [3.05, 3.63) is 53.3 Å². The van der Waals surface area contributed by atoms with Gasteiger partial charge in [0.05, 0.1) is 22.4 Å². The van der Waals surface area contributed by atoms with Gasteiger partial charge in [0.15, 0.2) is 6.61 Å². The zero-order chi connectivity index (χ0) is 24.0. The predicted molar refractivity (Wildman–Crippen MR) is 120 cm³/mol.